The Labute approximate surface area is 244 Å². The summed E-state index contributed by atoms with van der Waals surface area (Å²) in [6, 6.07) is 13.5. The number of benzene rings is 2. The van der Waals surface area contributed by atoms with Crippen molar-refractivity contribution in [1.82, 2.24) is 20.3 Å². The number of hydrogen-bond donors (Lipinski definition) is 4. The van der Waals surface area contributed by atoms with Crippen molar-refractivity contribution in [2.24, 2.45) is 11.3 Å². The Balaban J connectivity index is 2.16. The van der Waals surface area contributed by atoms with Gasteiger partial charge >= 0.3 is 0 Å². The van der Waals surface area contributed by atoms with Crippen molar-refractivity contribution < 1.29 is 27.5 Å². The molecule has 0 aliphatic heterocycles. The Morgan fingerprint density at radius 3 is 2.10 bits per heavy atom. The van der Waals surface area contributed by atoms with Crippen molar-refractivity contribution in [3.63, 3.8) is 0 Å². The van der Waals surface area contributed by atoms with E-state index < -0.39 is 45.4 Å². The summed E-state index contributed by atoms with van der Waals surface area (Å²) < 4.78 is 39.2. The summed E-state index contributed by atoms with van der Waals surface area (Å²) in [5, 5.41) is 19.9. The van der Waals surface area contributed by atoms with Gasteiger partial charge in [0.05, 0.1) is 24.9 Å². The first kappa shape index (κ1) is 34.3. The summed E-state index contributed by atoms with van der Waals surface area (Å²) >= 11 is 0. The Morgan fingerprint density at radius 2 is 1.56 bits per heavy atom. The topological polar surface area (TPSA) is 128 Å². The zero-order valence-electron chi connectivity index (χ0n) is 24.9. The number of halogens is 1. The molecule has 2 aromatic carbocycles. The van der Waals surface area contributed by atoms with Crippen LogP contribution in [0, 0.1) is 17.2 Å². The number of carbonyl (C=O) groups is 2. The first-order valence-electron chi connectivity index (χ1n) is 13.8. The van der Waals surface area contributed by atoms with Gasteiger partial charge in [-0.1, -0.05) is 77.1 Å². The molecule has 3 unspecified atom stereocenters. The number of sulfonamides is 1. The maximum atomic E-state index is 13.6. The van der Waals surface area contributed by atoms with Gasteiger partial charge < -0.3 is 21.1 Å². The smallest absolute Gasteiger partial charge is 0.243 e. The second-order valence-corrected chi connectivity index (χ2v) is 13.9. The van der Waals surface area contributed by atoms with E-state index in [0.717, 1.165) is 17.4 Å². The number of rotatable bonds is 15. The fourth-order valence-electron chi connectivity index (χ4n) is 4.32. The highest BCUT2D eigenvalue weighted by Gasteiger charge is 2.36. The molecule has 0 spiro atoms. The predicted octanol–water partition coefficient (Wildman–Crippen LogP) is 2.45. The molecule has 4 N–H and O–H groups in total. The van der Waals surface area contributed by atoms with Gasteiger partial charge in [-0.25, -0.2) is 12.8 Å². The normalized spacial score (nSPS) is 14.5. The number of aliphatic hydroxyl groups is 1. The summed E-state index contributed by atoms with van der Waals surface area (Å²) in [5.74, 6) is -1.19. The van der Waals surface area contributed by atoms with Crippen molar-refractivity contribution in [2.45, 2.75) is 65.8 Å². The van der Waals surface area contributed by atoms with Gasteiger partial charge in [-0.15, -0.1) is 0 Å². The number of carbonyl (C=O) groups excluding carboxylic acids is 2. The van der Waals surface area contributed by atoms with E-state index >= 15 is 0 Å². The molecule has 0 bridgehead atoms. The van der Waals surface area contributed by atoms with Crippen molar-refractivity contribution in [3.05, 3.63) is 71.5 Å². The van der Waals surface area contributed by atoms with Crippen molar-refractivity contribution in [1.29, 1.82) is 0 Å². The zero-order chi connectivity index (χ0) is 30.8. The van der Waals surface area contributed by atoms with E-state index in [1.54, 1.807) is 12.1 Å². The minimum atomic E-state index is -3.60. The lowest BCUT2D eigenvalue weighted by atomic mass is 9.85. The summed E-state index contributed by atoms with van der Waals surface area (Å²) in [6.45, 7) is 9.56. The van der Waals surface area contributed by atoms with E-state index in [0.29, 0.717) is 6.54 Å². The van der Waals surface area contributed by atoms with Crippen LogP contribution in [0.3, 0.4) is 0 Å². The lowest BCUT2D eigenvalue weighted by molar-refractivity contribution is -0.132. The van der Waals surface area contributed by atoms with E-state index in [1.807, 2.05) is 65.0 Å². The van der Waals surface area contributed by atoms with E-state index in [1.165, 1.54) is 16.4 Å². The number of amides is 2. The van der Waals surface area contributed by atoms with Crippen LogP contribution in [0.1, 0.15) is 45.7 Å². The molecule has 2 rings (SSSR count). The van der Waals surface area contributed by atoms with E-state index in [2.05, 4.69) is 16.0 Å². The Hall–Kier alpha value is -2.86. The fourth-order valence-corrected chi connectivity index (χ4v) is 5.31. The minimum absolute atomic E-state index is 0.0382. The first-order chi connectivity index (χ1) is 19.1. The number of hydrogen-bond acceptors (Lipinski definition) is 6. The second-order valence-electron chi connectivity index (χ2n) is 11.9. The third-order valence-corrected chi connectivity index (χ3v) is 7.72. The van der Waals surface area contributed by atoms with Crippen LogP contribution in [-0.2, 0) is 32.6 Å². The van der Waals surface area contributed by atoms with Gasteiger partial charge in [0.2, 0.25) is 21.8 Å². The lowest BCUT2D eigenvalue weighted by Crippen LogP contribution is -2.59. The van der Waals surface area contributed by atoms with Crippen LogP contribution in [0.4, 0.5) is 4.39 Å². The Morgan fingerprint density at radius 1 is 0.951 bits per heavy atom. The second kappa shape index (κ2) is 15.4. The maximum Gasteiger partial charge on any atom is 0.243 e. The molecular formula is C30H45FN4O5S. The molecule has 11 heteroatoms. The average molecular weight is 593 g/mol. The molecule has 0 radical (unpaired) electrons. The fraction of sp³-hybridized carbons (Fsp3) is 0.533. The Kier molecular flexibility index (Phi) is 12.9. The largest absolute Gasteiger partial charge is 0.390 e. The molecule has 0 saturated carbocycles. The zero-order valence-corrected chi connectivity index (χ0v) is 25.7. The minimum Gasteiger partial charge on any atom is -0.390 e. The maximum absolute atomic E-state index is 13.6. The van der Waals surface area contributed by atoms with Crippen molar-refractivity contribution >= 4 is 21.8 Å². The third-order valence-electron chi connectivity index (χ3n) is 6.48. The van der Waals surface area contributed by atoms with Gasteiger partial charge in [0.25, 0.3) is 0 Å². The van der Waals surface area contributed by atoms with Gasteiger partial charge in [0, 0.05) is 19.6 Å². The molecule has 3 atom stereocenters. The molecule has 0 heterocycles. The molecule has 0 aromatic heterocycles. The molecule has 228 valence electrons. The van der Waals surface area contributed by atoms with Crippen LogP contribution in [0.25, 0.3) is 0 Å². The molecule has 0 fully saturated rings. The van der Waals surface area contributed by atoms with Crippen LogP contribution < -0.4 is 16.0 Å². The highest BCUT2D eigenvalue weighted by Crippen LogP contribution is 2.20. The molecule has 2 aromatic rings. The van der Waals surface area contributed by atoms with Crippen molar-refractivity contribution in [3.8, 4) is 0 Å². The molecular weight excluding hydrogens is 547 g/mol. The van der Waals surface area contributed by atoms with Crippen LogP contribution in [0.15, 0.2) is 54.6 Å². The molecule has 0 aliphatic carbocycles. The quantitative estimate of drug-likeness (QED) is 0.252. The number of nitrogens with zero attached hydrogens (tertiary/aromatic N) is 1. The molecule has 0 saturated heterocycles. The number of nitrogens with one attached hydrogen (secondary N) is 3. The monoisotopic (exact) mass is 592 g/mol. The molecule has 41 heavy (non-hydrogen) atoms. The van der Waals surface area contributed by atoms with Gasteiger partial charge in [0.1, 0.15) is 11.9 Å². The van der Waals surface area contributed by atoms with Gasteiger partial charge in [-0.3, -0.25) is 9.59 Å². The highest BCUT2D eigenvalue weighted by molar-refractivity contribution is 7.88. The predicted molar refractivity (Wildman–Crippen MR) is 159 cm³/mol. The van der Waals surface area contributed by atoms with Crippen LogP contribution in [0.5, 0.6) is 0 Å². The van der Waals surface area contributed by atoms with E-state index in [-0.39, 0.29) is 37.8 Å². The van der Waals surface area contributed by atoms with Crippen LogP contribution in [0.2, 0.25) is 0 Å². The van der Waals surface area contributed by atoms with Crippen LogP contribution >= 0.6 is 0 Å². The molecule has 0 aliphatic rings. The molecule has 2 amide bonds. The number of aliphatic hydroxyl groups excluding tert-OH is 1. The summed E-state index contributed by atoms with van der Waals surface area (Å²) in [5.41, 5.74) is 0.991. The third kappa shape index (κ3) is 12.3. The first-order valence-corrected chi connectivity index (χ1v) is 15.6. The summed E-state index contributed by atoms with van der Waals surface area (Å²) in [7, 11) is -3.60. The van der Waals surface area contributed by atoms with Gasteiger partial charge in [0.15, 0.2) is 0 Å². The average Bonchev–Trinajstić information content (AvgIpc) is 2.86. The van der Waals surface area contributed by atoms with Crippen molar-refractivity contribution in [2.75, 3.05) is 25.9 Å². The van der Waals surface area contributed by atoms with Gasteiger partial charge in [-0.2, -0.15) is 4.31 Å². The van der Waals surface area contributed by atoms with Crippen LogP contribution in [-0.4, -0.2) is 73.7 Å². The summed E-state index contributed by atoms with van der Waals surface area (Å²) in [4.78, 5) is 26.4. The van der Waals surface area contributed by atoms with Gasteiger partial charge in [-0.05, 0) is 41.0 Å². The summed E-state index contributed by atoms with van der Waals surface area (Å²) in [6.07, 6.45) is 0.153. The lowest BCUT2D eigenvalue weighted by Gasteiger charge is -2.34. The standard InChI is InChI=1S/C30H45FN4O5S/c1-21(2)19-35(41(6,39)40)20-26(36)25(16-22-10-8-7-9-11-22)33-29(38)28(30(3,4)5)34-27(37)18-32-17-23-12-14-24(31)15-13-23/h7-15,21,25-26,28,32,36H,16-20H2,1-6H3,(H,33,38)(H,34,37). The highest BCUT2D eigenvalue weighted by atomic mass is 32.2. The van der Waals surface area contributed by atoms with E-state index in [9.17, 15) is 27.5 Å². The van der Waals surface area contributed by atoms with E-state index in [4.69, 9.17) is 0 Å². The Bertz CT molecular complexity index is 1220. The SMILES string of the molecule is CC(C)CN(CC(O)C(Cc1ccccc1)NC(=O)C(NC(=O)CNCc1ccc(F)cc1)C(C)(C)C)S(C)(=O)=O. The molecule has 9 nitrogen and oxygen atoms in total.